The molecule has 0 saturated carbocycles. The van der Waals surface area contributed by atoms with E-state index in [9.17, 15) is 9.18 Å². The number of carbonyl (C=O) groups is 1. The largest absolute Gasteiger partial charge is 0.482 e. The van der Waals surface area contributed by atoms with Crippen LogP contribution in [-0.4, -0.2) is 12.5 Å². The molecule has 0 saturated heterocycles. The summed E-state index contributed by atoms with van der Waals surface area (Å²) in [7, 11) is 0. The van der Waals surface area contributed by atoms with Crippen LogP contribution in [0.3, 0.4) is 0 Å². The molecule has 1 amide bonds. The van der Waals surface area contributed by atoms with Gasteiger partial charge in [0.1, 0.15) is 11.6 Å². The molecular weight excluding hydrogens is 328 g/mol. The highest BCUT2D eigenvalue weighted by molar-refractivity contribution is 6.32. The summed E-state index contributed by atoms with van der Waals surface area (Å²) in [6.07, 6.45) is 0. The first-order valence-corrected chi connectivity index (χ1v) is 7.34. The number of rotatable bonds is 5. The molecule has 0 fully saturated rings. The van der Waals surface area contributed by atoms with Crippen molar-refractivity contribution >= 4 is 29.1 Å². The van der Waals surface area contributed by atoms with E-state index in [1.165, 1.54) is 12.1 Å². The van der Waals surface area contributed by atoms with E-state index >= 15 is 0 Å². The topological polar surface area (TPSA) is 38.3 Å². The molecule has 1 N–H and O–H groups in total. The average Bonchev–Trinajstić information content (AvgIpc) is 2.46. The molecular formula is C16H14Cl2FNO2. The highest BCUT2D eigenvalue weighted by atomic mass is 35.5. The molecule has 1 unspecified atom stereocenters. The lowest BCUT2D eigenvalue weighted by molar-refractivity contribution is -0.123. The van der Waals surface area contributed by atoms with Gasteiger partial charge in [0.15, 0.2) is 6.61 Å². The molecule has 6 heteroatoms. The summed E-state index contributed by atoms with van der Waals surface area (Å²) < 4.78 is 18.2. The van der Waals surface area contributed by atoms with E-state index in [1.807, 2.05) is 25.1 Å². The number of benzene rings is 2. The van der Waals surface area contributed by atoms with Crippen LogP contribution in [0.2, 0.25) is 10.0 Å². The van der Waals surface area contributed by atoms with Crippen LogP contribution in [0.15, 0.2) is 42.5 Å². The average molecular weight is 342 g/mol. The van der Waals surface area contributed by atoms with Crippen LogP contribution >= 0.6 is 23.2 Å². The Morgan fingerprint density at radius 2 is 1.95 bits per heavy atom. The zero-order valence-corrected chi connectivity index (χ0v) is 13.3. The molecule has 1 atom stereocenters. The predicted molar refractivity (Wildman–Crippen MR) is 84.9 cm³/mol. The maximum atomic E-state index is 12.9. The lowest BCUT2D eigenvalue weighted by Gasteiger charge is -2.16. The second-order valence-corrected chi connectivity index (χ2v) is 5.49. The Hall–Kier alpha value is -1.78. The Balaban J connectivity index is 1.92. The van der Waals surface area contributed by atoms with Gasteiger partial charge in [0, 0.05) is 5.02 Å². The summed E-state index contributed by atoms with van der Waals surface area (Å²) in [4.78, 5) is 11.9. The van der Waals surface area contributed by atoms with Gasteiger partial charge in [-0.25, -0.2) is 4.39 Å². The Bertz CT molecular complexity index is 679. The minimum atomic E-state index is -0.464. The van der Waals surface area contributed by atoms with Crippen molar-refractivity contribution in [1.82, 2.24) is 5.32 Å². The third kappa shape index (κ3) is 4.36. The van der Waals surface area contributed by atoms with Gasteiger partial charge in [0.2, 0.25) is 0 Å². The van der Waals surface area contributed by atoms with Gasteiger partial charge in [0.05, 0.1) is 11.1 Å². The molecule has 2 rings (SSSR count). The molecule has 116 valence electrons. The quantitative estimate of drug-likeness (QED) is 0.875. The van der Waals surface area contributed by atoms with Gasteiger partial charge in [-0.05, 0) is 36.8 Å². The first-order chi connectivity index (χ1) is 10.5. The van der Waals surface area contributed by atoms with E-state index in [-0.39, 0.29) is 29.3 Å². The molecule has 0 spiro atoms. The van der Waals surface area contributed by atoms with E-state index in [0.717, 1.165) is 11.6 Å². The fourth-order valence-electron chi connectivity index (χ4n) is 1.92. The third-order valence-corrected chi connectivity index (χ3v) is 3.64. The van der Waals surface area contributed by atoms with E-state index in [0.29, 0.717) is 5.02 Å². The van der Waals surface area contributed by atoms with Crippen molar-refractivity contribution in [2.24, 2.45) is 0 Å². The molecule has 0 aliphatic heterocycles. The molecule has 0 heterocycles. The molecule has 2 aromatic rings. The molecule has 0 aliphatic rings. The number of amides is 1. The standard InChI is InChI=1S/C16H14Cl2FNO2/c1-10(12-4-2-3-5-13(12)17)20-16(21)9-22-15-7-6-11(19)8-14(15)18/h2-8,10H,9H2,1H3,(H,20,21). The van der Waals surface area contributed by atoms with Crippen molar-refractivity contribution in [3.8, 4) is 5.75 Å². The Morgan fingerprint density at radius 3 is 2.64 bits per heavy atom. The van der Waals surface area contributed by atoms with Crippen molar-refractivity contribution in [3.63, 3.8) is 0 Å². The second kappa shape index (κ2) is 7.47. The van der Waals surface area contributed by atoms with Gasteiger partial charge >= 0.3 is 0 Å². The van der Waals surface area contributed by atoms with Crippen LogP contribution in [0, 0.1) is 5.82 Å². The lowest BCUT2D eigenvalue weighted by atomic mass is 10.1. The highest BCUT2D eigenvalue weighted by Crippen LogP contribution is 2.25. The molecule has 3 nitrogen and oxygen atoms in total. The molecule has 2 aromatic carbocycles. The summed E-state index contributed by atoms with van der Waals surface area (Å²) >= 11 is 11.9. The third-order valence-electron chi connectivity index (χ3n) is 3.00. The second-order valence-electron chi connectivity index (χ2n) is 4.67. The summed E-state index contributed by atoms with van der Waals surface area (Å²) in [6, 6.07) is 10.7. The van der Waals surface area contributed by atoms with E-state index < -0.39 is 5.82 Å². The smallest absolute Gasteiger partial charge is 0.258 e. The predicted octanol–water partition coefficient (Wildman–Crippen LogP) is 4.39. The Morgan fingerprint density at radius 1 is 1.23 bits per heavy atom. The monoisotopic (exact) mass is 341 g/mol. The minimum absolute atomic E-state index is 0.118. The van der Waals surface area contributed by atoms with Gasteiger partial charge in [0.25, 0.3) is 5.91 Å². The summed E-state index contributed by atoms with van der Waals surface area (Å²) in [5, 5.41) is 3.47. The number of nitrogens with one attached hydrogen (secondary N) is 1. The van der Waals surface area contributed by atoms with Crippen LogP contribution < -0.4 is 10.1 Å². The molecule has 0 radical (unpaired) electrons. The van der Waals surface area contributed by atoms with E-state index in [4.69, 9.17) is 27.9 Å². The lowest BCUT2D eigenvalue weighted by Crippen LogP contribution is -2.31. The van der Waals surface area contributed by atoms with Crippen LogP contribution in [0.5, 0.6) is 5.75 Å². The fraction of sp³-hybridized carbons (Fsp3) is 0.188. The number of halogens is 3. The SMILES string of the molecule is CC(NC(=O)COc1ccc(F)cc1Cl)c1ccccc1Cl. The Kier molecular flexibility index (Phi) is 5.63. The van der Waals surface area contributed by atoms with E-state index in [1.54, 1.807) is 6.07 Å². The van der Waals surface area contributed by atoms with Gasteiger partial charge in [-0.2, -0.15) is 0 Å². The van der Waals surface area contributed by atoms with Gasteiger partial charge in [-0.15, -0.1) is 0 Å². The van der Waals surface area contributed by atoms with Crippen molar-refractivity contribution in [2.75, 3.05) is 6.61 Å². The first kappa shape index (κ1) is 16.6. The normalized spacial score (nSPS) is 11.8. The number of ether oxygens (including phenoxy) is 1. The van der Waals surface area contributed by atoms with Crippen LogP contribution in [0.4, 0.5) is 4.39 Å². The number of hydrogen-bond donors (Lipinski definition) is 1. The Labute approximate surface area is 138 Å². The summed E-state index contributed by atoms with van der Waals surface area (Å²) in [5.74, 6) is -0.537. The van der Waals surface area contributed by atoms with Crippen LogP contribution in [-0.2, 0) is 4.79 Å². The fourth-order valence-corrected chi connectivity index (χ4v) is 2.44. The molecule has 0 bridgehead atoms. The highest BCUT2D eigenvalue weighted by Gasteiger charge is 2.13. The van der Waals surface area contributed by atoms with Gasteiger partial charge in [-0.3, -0.25) is 4.79 Å². The van der Waals surface area contributed by atoms with E-state index in [2.05, 4.69) is 5.32 Å². The zero-order chi connectivity index (χ0) is 16.1. The van der Waals surface area contributed by atoms with Crippen LogP contribution in [0.1, 0.15) is 18.5 Å². The van der Waals surface area contributed by atoms with Crippen LogP contribution in [0.25, 0.3) is 0 Å². The summed E-state index contributed by atoms with van der Waals surface area (Å²) in [5.41, 5.74) is 0.817. The van der Waals surface area contributed by atoms with Gasteiger partial charge in [-0.1, -0.05) is 41.4 Å². The van der Waals surface area contributed by atoms with Gasteiger partial charge < -0.3 is 10.1 Å². The molecule has 0 aliphatic carbocycles. The van der Waals surface area contributed by atoms with Crippen molar-refractivity contribution in [3.05, 3.63) is 63.9 Å². The van der Waals surface area contributed by atoms with Crippen molar-refractivity contribution < 1.29 is 13.9 Å². The zero-order valence-electron chi connectivity index (χ0n) is 11.8. The first-order valence-electron chi connectivity index (χ1n) is 6.59. The number of hydrogen-bond acceptors (Lipinski definition) is 2. The van der Waals surface area contributed by atoms with Crippen molar-refractivity contribution in [2.45, 2.75) is 13.0 Å². The maximum Gasteiger partial charge on any atom is 0.258 e. The summed E-state index contributed by atoms with van der Waals surface area (Å²) in [6.45, 7) is 1.60. The number of carbonyl (C=O) groups excluding carboxylic acids is 1. The minimum Gasteiger partial charge on any atom is -0.482 e. The molecule has 0 aromatic heterocycles. The molecule has 22 heavy (non-hydrogen) atoms. The van der Waals surface area contributed by atoms with Crippen molar-refractivity contribution in [1.29, 1.82) is 0 Å². The maximum absolute atomic E-state index is 12.9.